The van der Waals surface area contributed by atoms with Gasteiger partial charge in [0.25, 0.3) is 5.69 Å². The summed E-state index contributed by atoms with van der Waals surface area (Å²) in [4.78, 5) is 35.2. The van der Waals surface area contributed by atoms with Crippen LogP contribution < -0.4 is 5.46 Å². The topological polar surface area (TPSA) is 114 Å². The molecule has 0 aromatic heterocycles. The molecule has 2 rings (SSSR count). The molecule has 0 aliphatic carbocycles. The third-order valence-corrected chi connectivity index (χ3v) is 5.30. The molecule has 1 aliphatic rings. The molecular weight excluding hydrogens is 392 g/mol. The third kappa shape index (κ3) is 3.85. The highest BCUT2D eigenvalue weighted by atomic mass is 35.5. The number of esters is 2. The highest BCUT2D eigenvalue weighted by molar-refractivity contribution is 6.62. The lowest BCUT2D eigenvalue weighted by molar-refractivity contribution is -0.385. The summed E-state index contributed by atoms with van der Waals surface area (Å²) in [5, 5.41) is 11.3. The molecule has 1 fully saturated rings. The van der Waals surface area contributed by atoms with Crippen LogP contribution in [0.4, 0.5) is 5.69 Å². The van der Waals surface area contributed by atoms with Crippen LogP contribution in [0.15, 0.2) is 12.1 Å². The van der Waals surface area contributed by atoms with Gasteiger partial charge in [0.05, 0.1) is 35.9 Å². The molecule has 1 aliphatic heterocycles. The zero-order valence-electron chi connectivity index (χ0n) is 16.4. The summed E-state index contributed by atoms with van der Waals surface area (Å²) in [6.45, 7) is 7.36. The second-order valence-corrected chi connectivity index (χ2v) is 7.67. The SMILES string of the molecule is COC(=O)C(C(=O)OC)c1cc(B2OC(C)(C)C(C)(C)O2)cc(Cl)c1[N+](=O)[O-]. The number of hydrogen-bond donors (Lipinski definition) is 0. The number of halogens is 1. The van der Waals surface area contributed by atoms with Gasteiger partial charge in [0.1, 0.15) is 5.02 Å². The number of nitro benzene ring substituents is 1. The lowest BCUT2D eigenvalue weighted by Crippen LogP contribution is -2.41. The first-order valence-electron chi connectivity index (χ1n) is 8.35. The Labute approximate surface area is 167 Å². The van der Waals surface area contributed by atoms with E-state index in [1.807, 2.05) is 27.7 Å². The fourth-order valence-corrected chi connectivity index (χ4v) is 3.06. The van der Waals surface area contributed by atoms with Crippen molar-refractivity contribution in [1.82, 2.24) is 0 Å². The van der Waals surface area contributed by atoms with E-state index in [-0.39, 0.29) is 10.6 Å². The van der Waals surface area contributed by atoms with Crippen LogP contribution in [0, 0.1) is 10.1 Å². The molecular formula is C17H21BClNO8. The Kier molecular flexibility index (Phi) is 6.08. The van der Waals surface area contributed by atoms with Gasteiger partial charge in [0.15, 0.2) is 5.92 Å². The number of carbonyl (C=O) groups is 2. The maximum absolute atomic E-state index is 12.2. The summed E-state index contributed by atoms with van der Waals surface area (Å²) in [6.07, 6.45) is 0. The number of ether oxygens (including phenoxy) is 2. The van der Waals surface area contributed by atoms with Gasteiger partial charge in [-0.3, -0.25) is 19.7 Å². The summed E-state index contributed by atoms with van der Waals surface area (Å²) in [5.74, 6) is -3.72. The number of nitrogens with zero attached hydrogens (tertiary/aromatic N) is 1. The summed E-state index contributed by atoms with van der Waals surface area (Å²) >= 11 is 6.13. The van der Waals surface area contributed by atoms with E-state index in [0.29, 0.717) is 5.46 Å². The van der Waals surface area contributed by atoms with Crippen LogP contribution in [0.5, 0.6) is 0 Å². The molecule has 1 aromatic carbocycles. The summed E-state index contributed by atoms with van der Waals surface area (Å²) in [5.41, 5.74) is -1.88. The first kappa shape index (κ1) is 22.1. The van der Waals surface area contributed by atoms with Crippen LogP contribution in [-0.2, 0) is 28.4 Å². The minimum atomic E-state index is -1.68. The van der Waals surface area contributed by atoms with Gasteiger partial charge in [0.2, 0.25) is 0 Å². The number of methoxy groups -OCH3 is 2. The van der Waals surface area contributed by atoms with Gasteiger partial charge in [0, 0.05) is 0 Å². The van der Waals surface area contributed by atoms with E-state index in [1.165, 1.54) is 12.1 Å². The van der Waals surface area contributed by atoms with Gasteiger partial charge in [-0.05, 0) is 39.2 Å². The van der Waals surface area contributed by atoms with E-state index < -0.39 is 46.8 Å². The molecule has 1 heterocycles. The number of rotatable bonds is 5. The van der Waals surface area contributed by atoms with Crippen molar-refractivity contribution in [3.8, 4) is 0 Å². The van der Waals surface area contributed by atoms with Crippen LogP contribution >= 0.6 is 11.6 Å². The fraction of sp³-hybridized carbons (Fsp3) is 0.529. The smallest absolute Gasteiger partial charge is 0.468 e. The van der Waals surface area contributed by atoms with Crippen LogP contribution in [-0.4, -0.2) is 49.4 Å². The van der Waals surface area contributed by atoms with Crippen LogP contribution in [0.1, 0.15) is 39.2 Å². The maximum atomic E-state index is 12.2. The largest absolute Gasteiger partial charge is 0.494 e. The highest BCUT2D eigenvalue weighted by Gasteiger charge is 2.52. The predicted molar refractivity (Wildman–Crippen MR) is 101 cm³/mol. The Morgan fingerprint density at radius 3 is 1.96 bits per heavy atom. The van der Waals surface area contributed by atoms with E-state index in [9.17, 15) is 19.7 Å². The molecule has 0 spiro atoms. The predicted octanol–water partition coefficient (Wildman–Crippen LogP) is 1.98. The molecule has 9 nitrogen and oxygen atoms in total. The Morgan fingerprint density at radius 1 is 1.11 bits per heavy atom. The van der Waals surface area contributed by atoms with Crippen LogP contribution in [0.25, 0.3) is 0 Å². The molecule has 0 radical (unpaired) electrons. The van der Waals surface area contributed by atoms with Crippen molar-refractivity contribution in [3.63, 3.8) is 0 Å². The Balaban J connectivity index is 2.66. The normalized spacial score (nSPS) is 17.5. The molecule has 0 saturated carbocycles. The molecule has 1 aromatic rings. The van der Waals surface area contributed by atoms with Gasteiger partial charge >= 0.3 is 19.1 Å². The van der Waals surface area contributed by atoms with E-state index in [4.69, 9.17) is 20.9 Å². The molecule has 0 unspecified atom stereocenters. The molecule has 152 valence electrons. The number of nitro groups is 1. The van der Waals surface area contributed by atoms with Crippen molar-refractivity contribution < 1.29 is 33.3 Å². The minimum Gasteiger partial charge on any atom is -0.468 e. The van der Waals surface area contributed by atoms with Gasteiger partial charge in [-0.2, -0.15) is 0 Å². The molecule has 1 saturated heterocycles. The van der Waals surface area contributed by atoms with Gasteiger partial charge < -0.3 is 18.8 Å². The van der Waals surface area contributed by atoms with E-state index >= 15 is 0 Å². The average Bonchev–Trinajstić information content (AvgIpc) is 2.81. The van der Waals surface area contributed by atoms with E-state index in [1.54, 1.807) is 0 Å². The van der Waals surface area contributed by atoms with Crippen molar-refractivity contribution in [3.05, 3.63) is 32.8 Å². The van der Waals surface area contributed by atoms with E-state index in [0.717, 1.165) is 14.2 Å². The molecule has 0 amide bonds. The number of benzene rings is 1. The Bertz CT molecular complexity index is 794. The maximum Gasteiger partial charge on any atom is 0.494 e. The molecule has 0 bridgehead atoms. The van der Waals surface area contributed by atoms with Crippen molar-refractivity contribution in [2.75, 3.05) is 14.2 Å². The van der Waals surface area contributed by atoms with Crippen molar-refractivity contribution in [1.29, 1.82) is 0 Å². The number of hydrogen-bond acceptors (Lipinski definition) is 8. The Morgan fingerprint density at radius 2 is 1.57 bits per heavy atom. The second-order valence-electron chi connectivity index (χ2n) is 7.27. The average molecular weight is 414 g/mol. The lowest BCUT2D eigenvalue weighted by Gasteiger charge is -2.32. The van der Waals surface area contributed by atoms with Crippen molar-refractivity contribution >= 4 is 41.8 Å². The second kappa shape index (κ2) is 7.69. The van der Waals surface area contributed by atoms with Gasteiger partial charge in [-0.1, -0.05) is 17.7 Å². The zero-order valence-corrected chi connectivity index (χ0v) is 17.2. The summed E-state index contributed by atoms with van der Waals surface area (Å²) < 4.78 is 21.1. The van der Waals surface area contributed by atoms with Gasteiger partial charge in [-0.25, -0.2) is 0 Å². The first-order valence-corrected chi connectivity index (χ1v) is 8.73. The first-order chi connectivity index (χ1) is 12.9. The Hall–Kier alpha value is -2.17. The zero-order chi connectivity index (χ0) is 21.4. The van der Waals surface area contributed by atoms with E-state index in [2.05, 4.69) is 9.47 Å². The molecule has 11 heteroatoms. The summed E-state index contributed by atoms with van der Waals surface area (Å²) in [6, 6.07) is 2.60. The lowest BCUT2D eigenvalue weighted by atomic mass is 9.77. The van der Waals surface area contributed by atoms with Crippen LogP contribution in [0.2, 0.25) is 5.02 Å². The van der Waals surface area contributed by atoms with Crippen LogP contribution in [0.3, 0.4) is 0 Å². The minimum absolute atomic E-state index is 0.263. The molecule has 0 atom stereocenters. The molecule has 0 N–H and O–H groups in total. The summed E-state index contributed by atoms with van der Waals surface area (Å²) in [7, 11) is 1.21. The number of carbonyl (C=O) groups excluding carboxylic acids is 2. The standard InChI is InChI=1S/C17H21BClNO8/c1-16(2)17(3,4)28-18(27-16)9-7-10(13(20(23)24)11(19)8-9)12(14(21)25-5)15(22)26-6/h7-8,12H,1-6H3. The quantitative estimate of drug-likeness (QED) is 0.237. The molecule has 28 heavy (non-hydrogen) atoms. The highest BCUT2D eigenvalue weighted by Crippen LogP contribution is 2.38. The van der Waals surface area contributed by atoms with Crippen molar-refractivity contribution in [2.24, 2.45) is 0 Å². The fourth-order valence-electron chi connectivity index (χ4n) is 2.76. The van der Waals surface area contributed by atoms with Crippen molar-refractivity contribution in [2.45, 2.75) is 44.8 Å². The van der Waals surface area contributed by atoms with Gasteiger partial charge in [-0.15, -0.1) is 0 Å². The third-order valence-electron chi connectivity index (χ3n) is 5.01. The monoisotopic (exact) mass is 413 g/mol.